The van der Waals surface area contributed by atoms with Crippen LogP contribution in [0.5, 0.6) is 5.75 Å². The first kappa shape index (κ1) is 16.7. The van der Waals surface area contributed by atoms with Crippen LogP contribution in [0.25, 0.3) is 0 Å². The third-order valence-electron chi connectivity index (χ3n) is 4.82. The zero-order valence-electron chi connectivity index (χ0n) is 13.9. The average Bonchev–Trinajstić information content (AvgIpc) is 2.62. The zero-order valence-corrected chi connectivity index (χ0v) is 14.7. The van der Waals surface area contributed by atoms with Gasteiger partial charge in [0.25, 0.3) is 5.91 Å². The Balaban J connectivity index is 1.58. The van der Waals surface area contributed by atoms with Gasteiger partial charge in [0.2, 0.25) is 5.91 Å². The summed E-state index contributed by atoms with van der Waals surface area (Å²) < 4.78 is 5.62. The van der Waals surface area contributed by atoms with Crippen molar-refractivity contribution in [2.24, 2.45) is 5.73 Å². The van der Waals surface area contributed by atoms with Gasteiger partial charge in [-0.1, -0.05) is 41.9 Å². The van der Waals surface area contributed by atoms with E-state index in [-0.39, 0.29) is 30.0 Å². The van der Waals surface area contributed by atoms with Gasteiger partial charge in [-0.05, 0) is 30.2 Å². The fraction of sp³-hybridized carbons (Fsp3) is 0.200. The number of hydrogen-bond acceptors (Lipinski definition) is 4. The van der Waals surface area contributed by atoms with Gasteiger partial charge in [-0.2, -0.15) is 0 Å². The Morgan fingerprint density at radius 3 is 2.62 bits per heavy atom. The van der Waals surface area contributed by atoms with Crippen molar-refractivity contribution in [3.8, 4) is 5.75 Å². The molecule has 0 bridgehead atoms. The molecular formula is C20H17ClN2O3. The van der Waals surface area contributed by atoms with Crippen molar-refractivity contribution in [3.05, 3.63) is 76.1 Å². The molecule has 132 valence electrons. The summed E-state index contributed by atoms with van der Waals surface area (Å²) in [6.45, 7) is 0.296. The summed E-state index contributed by atoms with van der Waals surface area (Å²) in [4.78, 5) is 26.8. The summed E-state index contributed by atoms with van der Waals surface area (Å²) in [5, 5.41) is 0.651. The minimum atomic E-state index is -0.368. The fourth-order valence-corrected chi connectivity index (χ4v) is 3.62. The Morgan fingerprint density at radius 2 is 1.85 bits per heavy atom. The lowest BCUT2D eigenvalue weighted by atomic mass is 9.82. The number of halogens is 1. The van der Waals surface area contributed by atoms with E-state index in [0.717, 1.165) is 11.1 Å². The molecule has 26 heavy (non-hydrogen) atoms. The number of carbonyl (C=O) groups is 2. The van der Waals surface area contributed by atoms with Crippen LogP contribution < -0.4 is 10.5 Å². The van der Waals surface area contributed by atoms with E-state index in [0.29, 0.717) is 29.3 Å². The van der Waals surface area contributed by atoms with E-state index in [9.17, 15) is 9.59 Å². The smallest absolute Gasteiger partial charge is 0.262 e. The van der Waals surface area contributed by atoms with Gasteiger partial charge in [-0.15, -0.1) is 0 Å². The first-order valence-corrected chi connectivity index (χ1v) is 8.78. The van der Waals surface area contributed by atoms with Crippen LogP contribution in [-0.2, 0) is 16.0 Å². The molecule has 0 aliphatic carbocycles. The Bertz CT molecular complexity index is 921. The highest BCUT2D eigenvalue weighted by molar-refractivity contribution is 6.30. The van der Waals surface area contributed by atoms with Crippen LogP contribution in [0, 0.1) is 0 Å². The van der Waals surface area contributed by atoms with E-state index >= 15 is 0 Å². The molecule has 2 heterocycles. The minimum absolute atomic E-state index is 0.0858. The largest absolute Gasteiger partial charge is 0.441 e. The van der Waals surface area contributed by atoms with Crippen molar-refractivity contribution in [2.75, 3.05) is 6.54 Å². The number of likely N-dealkylation sites (tertiary alicyclic amines) is 1. The SMILES string of the molecule is NC1=C2C(=O)N(CCc3ccc(Cl)cc3)C(=O)CC2c2ccccc2O1. The fourth-order valence-electron chi connectivity index (χ4n) is 3.49. The molecule has 0 aromatic heterocycles. The molecule has 0 radical (unpaired) electrons. The highest BCUT2D eigenvalue weighted by Gasteiger charge is 2.42. The molecule has 2 aromatic carbocycles. The quantitative estimate of drug-likeness (QED) is 0.845. The molecule has 1 unspecified atom stereocenters. The summed E-state index contributed by atoms with van der Waals surface area (Å²) in [6.07, 6.45) is 0.771. The van der Waals surface area contributed by atoms with Crippen LogP contribution in [0.3, 0.4) is 0 Å². The Hall–Kier alpha value is -2.79. The Morgan fingerprint density at radius 1 is 1.12 bits per heavy atom. The lowest BCUT2D eigenvalue weighted by Crippen LogP contribution is -2.47. The number of nitrogens with two attached hydrogens (primary N) is 1. The van der Waals surface area contributed by atoms with Gasteiger partial charge in [-0.25, -0.2) is 0 Å². The molecule has 4 rings (SSSR count). The summed E-state index contributed by atoms with van der Waals surface area (Å²) in [6, 6.07) is 14.7. The monoisotopic (exact) mass is 368 g/mol. The number of fused-ring (bicyclic) bond motifs is 3. The van der Waals surface area contributed by atoms with Crippen LogP contribution in [0.4, 0.5) is 0 Å². The molecule has 2 N–H and O–H groups in total. The number of nitrogens with zero attached hydrogens (tertiary/aromatic N) is 1. The van der Waals surface area contributed by atoms with Crippen molar-refractivity contribution in [3.63, 3.8) is 0 Å². The van der Waals surface area contributed by atoms with Crippen LogP contribution in [0.2, 0.25) is 5.02 Å². The molecule has 2 aromatic rings. The topological polar surface area (TPSA) is 72.6 Å². The summed E-state index contributed by atoms with van der Waals surface area (Å²) in [7, 11) is 0. The van der Waals surface area contributed by atoms with Crippen molar-refractivity contribution in [1.29, 1.82) is 0 Å². The number of piperidine rings is 1. The average molecular weight is 369 g/mol. The second-order valence-electron chi connectivity index (χ2n) is 6.40. The standard InChI is InChI=1S/C20H17ClN2O3/c21-13-7-5-12(6-8-13)9-10-23-17(24)11-15-14-3-1-2-4-16(14)26-19(22)18(15)20(23)25/h1-8,15H,9-11,22H2. The normalized spacial score (nSPS) is 19.1. The van der Waals surface area contributed by atoms with E-state index in [1.807, 2.05) is 30.3 Å². The molecule has 1 atom stereocenters. The molecule has 0 spiro atoms. The minimum Gasteiger partial charge on any atom is -0.441 e. The van der Waals surface area contributed by atoms with Crippen molar-refractivity contribution < 1.29 is 14.3 Å². The molecule has 2 aliphatic heterocycles. The summed E-state index contributed by atoms with van der Waals surface area (Å²) in [5.41, 5.74) is 8.22. The van der Waals surface area contributed by atoms with E-state index in [2.05, 4.69) is 0 Å². The Labute approximate surface area is 156 Å². The molecule has 2 aliphatic rings. The van der Waals surface area contributed by atoms with E-state index in [1.165, 1.54) is 4.90 Å². The van der Waals surface area contributed by atoms with Gasteiger partial charge < -0.3 is 10.5 Å². The van der Waals surface area contributed by atoms with Crippen LogP contribution in [-0.4, -0.2) is 23.3 Å². The van der Waals surface area contributed by atoms with Crippen molar-refractivity contribution in [1.82, 2.24) is 4.90 Å². The third kappa shape index (κ3) is 2.84. The Kier molecular flexibility index (Phi) is 4.17. The van der Waals surface area contributed by atoms with Gasteiger partial charge in [0.05, 0.1) is 5.57 Å². The molecule has 0 saturated carbocycles. The maximum atomic E-state index is 12.9. The van der Waals surface area contributed by atoms with Gasteiger partial charge in [0.1, 0.15) is 5.75 Å². The van der Waals surface area contributed by atoms with Crippen molar-refractivity contribution in [2.45, 2.75) is 18.8 Å². The second kappa shape index (κ2) is 6.50. The maximum absolute atomic E-state index is 12.9. The molecule has 1 saturated heterocycles. The molecule has 1 fully saturated rings. The predicted octanol–water partition coefficient (Wildman–Crippen LogP) is 2.99. The lowest BCUT2D eigenvalue weighted by Gasteiger charge is -2.36. The first-order valence-electron chi connectivity index (χ1n) is 8.40. The first-order chi connectivity index (χ1) is 12.5. The number of ether oxygens (including phenoxy) is 1. The molecule has 5 nitrogen and oxygen atoms in total. The van der Waals surface area contributed by atoms with Gasteiger partial charge >= 0.3 is 0 Å². The maximum Gasteiger partial charge on any atom is 0.262 e. The van der Waals surface area contributed by atoms with E-state index in [1.54, 1.807) is 18.2 Å². The van der Waals surface area contributed by atoms with Gasteiger partial charge in [0, 0.05) is 29.5 Å². The van der Waals surface area contributed by atoms with Crippen LogP contribution in [0.1, 0.15) is 23.5 Å². The molecule has 2 amide bonds. The number of imide groups is 1. The van der Waals surface area contributed by atoms with Crippen LogP contribution in [0.15, 0.2) is 60.0 Å². The van der Waals surface area contributed by atoms with E-state index in [4.69, 9.17) is 22.1 Å². The van der Waals surface area contributed by atoms with Crippen molar-refractivity contribution >= 4 is 23.4 Å². The zero-order chi connectivity index (χ0) is 18.3. The van der Waals surface area contributed by atoms with Gasteiger partial charge in [-0.3, -0.25) is 14.5 Å². The summed E-state index contributed by atoms with van der Waals surface area (Å²) in [5.74, 6) is -0.210. The van der Waals surface area contributed by atoms with E-state index < -0.39 is 0 Å². The predicted molar refractivity (Wildman–Crippen MR) is 97.5 cm³/mol. The molecule has 6 heteroatoms. The highest BCUT2D eigenvalue weighted by atomic mass is 35.5. The number of hydrogen-bond donors (Lipinski definition) is 1. The second-order valence-corrected chi connectivity index (χ2v) is 6.84. The lowest BCUT2D eigenvalue weighted by molar-refractivity contribution is -0.145. The summed E-state index contributed by atoms with van der Waals surface area (Å²) >= 11 is 5.89. The number of carbonyl (C=O) groups excluding carboxylic acids is 2. The van der Waals surface area contributed by atoms with Crippen LogP contribution >= 0.6 is 11.6 Å². The number of amides is 2. The number of benzene rings is 2. The molecular weight excluding hydrogens is 352 g/mol. The number of para-hydroxylation sites is 1. The highest BCUT2D eigenvalue weighted by Crippen LogP contribution is 2.43. The third-order valence-corrected chi connectivity index (χ3v) is 5.07. The number of rotatable bonds is 3. The van der Waals surface area contributed by atoms with Gasteiger partial charge in [0.15, 0.2) is 5.88 Å².